The van der Waals surface area contributed by atoms with Gasteiger partial charge in [-0.05, 0) is 30.2 Å². The number of nitrogens with one attached hydrogen (secondary N) is 2. The van der Waals surface area contributed by atoms with E-state index < -0.39 is 35.6 Å². The van der Waals surface area contributed by atoms with Crippen molar-refractivity contribution in [3.63, 3.8) is 0 Å². The molecule has 9 heteroatoms. The van der Waals surface area contributed by atoms with Crippen LogP contribution in [0.4, 0.5) is 0 Å². The summed E-state index contributed by atoms with van der Waals surface area (Å²) < 4.78 is 0. The largest absolute Gasteiger partial charge is 0.347 e. The van der Waals surface area contributed by atoms with E-state index in [0.29, 0.717) is 5.56 Å². The van der Waals surface area contributed by atoms with Gasteiger partial charge < -0.3 is 5.32 Å². The van der Waals surface area contributed by atoms with Gasteiger partial charge in [-0.2, -0.15) is 0 Å². The fourth-order valence-electron chi connectivity index (χ4n) is 3.50. The number of imide groups is 2. The van der Waals surface area contributed by atoms with Crippen LogP contribution in [0.15, 0.2) is 42.6 Å². The molecule has 1 fully saturated rings. The molecule has 29 heavy (non-hydrogen) atoms. The van der Waals surface area contributed by atoms with Crippen molar-refractivity contribution in [2.45, 2.75) is 25.4 Å². The van der Waals surface area contributed by atoms with Crippen LogP contribution in [0, 0.1) is 0 Å². The highest BCUT2D eigenvalue weighted by Crippen LogP contribution is 2.29. The molecule has 9 nitrogen and oxygen atoms in total. The van der Waals surface area contributed by atoms with Gasteiger partial charge in [-0.25, -0.2) is 0 Å². The Balaban J connectivity index is 1.57. The molecule has 2 aliphatic rings. The van der Waals surface area contributed by atoms with Crippen LogP contribution in [0.2, 0.25) is 0 Å². The number of piperidine rings is 1. The second kappa shape index (κ2) is 7.27. The molecule has 5 amide bonds. The Morgan fingerprint density at radius 1 is 1.10 bits per heavy atom. The molecule has 2 N–H and O–H groups in total. The first-order valence-corrected chi connectivity index (χ1v) is 9.00. The topological polar surface area (TPSA) is 126 Å². The minimum absolute atomic E-state index is 0.0147. The lowest BCUT2D eigenvalue weighted by atomic mass is 10.0. The van der Waals surface area contributed by atoms with Gasteiger partial charge in [-0.1, -0.05) is 18.2 Å². The van der Waals surface area contributed by atoms with Gasteiger partial charge >= 0.3 is 0 Å². The first-order valence-electron chi connectivity index (χ1n) is 9.00. The van der Waals surface area contributed by atoms with Crippen LogP contribution in [0.3, 0.4) is 0 Å². The number of nitrogens with zero attached hydrogens (tertiary/aromatic N) is 2. The minimum Gasteiger partial charge on any atom is -0.347 e. The fraction of sp³-hybridized carbons (Fsp3) is 0.200. The fourth-order valence-corrected chi connectivity index (χ4v) is 3.50. The molecule has 0 radical (unpaired) electrons. The van der Waals surface area contributed by atoms with Gasteiger partial charge in [0.2, 0.25) is 11.8 Å². The summed E-state index contributed by atoms with van der Waals surface area (Å²) in [6.45, 7) is 0.0147. The number of amides is 5. The molecule has 0 aliphatic carbocycles. The molecular formula is C20H16N4O5. The summed E-state index contributed by atoms with van der Waals surface area (Å²) in [5, 5.41) is 4.84. The van der Waals surface area contributed by atoms with E-state index in [1.54, 1.807) is 30.3 Å². The van der Waals surface area contributed by atoms with E-state index in [1.165, 1.54) is 12.3 Å². The molecule has 1 aromatic carbocycles. The lowest BCUT2D eigenvalue weighted by molar-refractivity contribution is -0.136. The molecule has 1 atom stereocenters. The maximum absolute atomic E-state index is 13.0. The van der Waals surface area contributed by atoms with Crippen molar-refractivity contribution in [2.75, 3.05) is 0 Å². The summed E-state index contributed by atoms with van der Waals surface area (Å²) in [6.07, 6.45) is 1.63. The summed E-state index contributed by atoms with van der Waals surface area (Å²) in [6, 6.07) is 8.65. The first kappa shape index (κ1) is 18.5. The monoisotopic (exact) mass is 392 g/mol. The lowest BCUT2D eigenvalue weighted by Crippen LogP contribution is -2.54. The Morgan fingerprint density at radius 2 is 1.93 bits per heavy atom. The zero-order valence-corrected chi connectivity index (χ0v) is 15.2. The van der Waals surface area contributed by atoms with Crippen LogP contribution >= 0.6 is 0 Å². The number of carbonyl (C=O) groups excluding carboxylic acids is 5. The maximum Gasteiger partial charge on any atom is 0.270 e. The van der Waals surface area contributed by atoms with E-state index in [4.69, 9.17) is 0 Å². The Hall–Kier alpha value is -3.88. The maximum atomic E-state index is 13.0. The number of hydrogen-bond donors (Lipinski definition) is 2. The van der Waals surface area contributed by atoms with Crippen molar-refractivity contribution in [3.8, 4) is 0 Å². The number of benzene rings is 1. The Labute approximate surface area is 165 Å². The second-order valence-electron chi connectivity index (χ2n) is 6.68. The number of aromatic nitrogens is 1. The molecule has 0 saturated carbocycles. The van der Waals surface area contributed by atoms with Gasteiger partial charge in [0.05, 0.1) is 11.1 Å². The third kappa shape index (κ3) is 3.27. The van der Waals surface area contributed by atoms with E-state index in [-0.39, 0.29) is 36.2 Å². The van der Waals surface area contributed by atoms with Crippen molar-refractivity contribution in [1.82, 2.24) is 20.5 Å². The summed E-state index contributed by atoms with van der Waals surface area (Å²) in [5.41, 5.74) is 1.01. The van der Waals surface area contributed by atoms with Crippen molar-refractivity contribution in [3.05, 3.63) is 65.0 Å². The average molecular weight is 392 g/mol. The smallest absolute Gasteiger partial charge is 0.270 e. The van der Waals surface area contributed by atoms with E-state index in [1.807, 2.05) is 0 Å². The Kier molecular flexibility index (Phi) is 4.63. The lowest BCUT2D eigenvalue weighted by Gasteiger charge is -2.27. The van der Waals surface area contributed by atoms with Gasteiger partial charge in [0.25, 0.3) is 17.7 Å². The quantitative estimate of drug-likeness (QED) is 0.726. The SMILES string of the molecule is O=C1CCC(N2C(=O)c3cccc(CNC(=O)c4ccccn4)c3C2=O)C(=O)N1. The molecule has 3 heterocycles. The summed E-state index contributed by atoms with van der Waals surface area (Å²) >= 11 is 0. The molecule has 4 rings (SSSR count). The second-order valence-corrected chi connectivity index (χ2v) is 6.68. The summed E-state index contributed by atoms with van der Waals surface area (Å²) in [7, 11) is 0. The molecule has 2 aromatic rings. The van der Waals surface area contributed by atoms with Crippen LogP contribution in [-0.4, -0.2) is 45.5 Å². The molecule has 0 bridgehead atoms. The first-order chi connectivity index (χ1) is 14.0. The summed E-state index contributed by atoms with van der Waals surface area (Å²) in [4.78, 5) is 66.4. The number of hydrogen-bond acceptors (Lipinski definition) is 6. The minimum atomic E-state index is -1.03. The molecular weight excluding hydrogens is 376 g/mol. The number of pyridine rings is 1. The van der Waals surface area contributed by atoms with Gasteiger partial charge in [-0.15, -0.1) is 0 Å². The van der Waals surface area contributed by atoms with Gasteiger partial charge in [0.15, 0.2) is 0 Å². The number of fused-ring (bicyclic) bond motifs is 1. The van der Waals surface area contributed by atoms with Crippen molar-refractivity contribution >= 4 is 29.5 Å². The molecule has 146 valence electrons. The highest BCUT2D eigenvalue weighted by molar-refractivity contribution is 6.24. The van der Waals surface area contributed by atoms with Crippen molar-refractivity contribution < 1.29 is 24.0 Å². The Morgan fingerprint density at radius 3 is 2.66 bits per heavy atom. The summed E-state index contributed by atoms with van der Waals surface area (Å²) in [5.74, 6) is -2.71. The van der Waals surface area contributed by atoms with E-state index >= 15 is 0 Å². The van der Waals surface area contributed by atoms with Gasteiger partial charge in [0, 0.05) is 19.2 Å². The van der Waals surface area contributed by atoms with E-state index in [0.717, 1.165) is 4.90 Å². The standard InChI is InChI=1S/C20H16N4O5/c25-15-8-7-14(18(27)23-15)24-19(28)12-5-3-4-11(16(12)20(24)29)10-22-17(26)13-6-1-2-9-21-13/h1-6,9,14H,7-8,10H2,(H,22,26)(H,23,25,27). The molecule has 1 saturated heterocycles. The molecule has 1 unspecified atom stereocenters. The zero-order valence-electron chi connectivity index (χ0n) is 15.2. The number of rotatable bonds is 4. The van der Waals surface area contributed by atoms with Crippen LogP contribution in [-0.2, 0) is 16.1 Å². The predicted molar refractivity (Wildman–Crippen MR) is 98.5 cm³/mol. The van der Waals surface area contributed by atoms with Crippen molar-refractivity contribution in [1.29, 1.82) is 0 Å². The predicted octanol–water partition coefficient (Wildman–Crippen LogP) is 0.413. The van der Waals surface area contributed by atoms with Gasteiger partial charge in [-0.3, -0.25) is 39.2 Å². The van der Waals surface area contributed by atoms with Crippen LogP contribution in [0.5, 0.6) is 0 Å². The van der Waals surface area contributed by atoms with Gasteiger partial charge in [0.1, 0.15) is 11.7 Å². The third-order valence-corrected chi connectivity index (χ3v) is 4.89. The highest BCUT2D eigenvalue weighted by Gasteiger charge is 2.45. The highest BCUT2D eigenvalue weighted by atomic mass is 16.2. The van der Waals surface area contributed by atoms with Crippen LogP contribution in [0.25, 0.3) is 0 Å². The third-order valence-electron chi connectivity index (χ3n) is 4.89. The van der Waals surface area contributed by atoms with E-state index in [9.17, 15) is 24.0 Å². The van der Waals surface area contributed by atoms with E-state index in [2.05, 4.69) is 15.6 Å². The molecule has 2 aliphatic heterocycles. The normalized spacial score (nSPS) is 18.5. The number of carbonyl (C=O) groups is 5. The Bertz CT molecular complexity index is 1050. The average Bonchev–Trinajstić information content (AvgIpc) is 2.98. The zero-order chi connectivity index (χ0) is 20.5. The molecule has 1 aromatic heterocycles. The van der Waals surface area contributed by atoms with Crippen molar-refractivity contribution in [2.24, 2.45) is 0 Å². The van der Waals surface area contributed by atoms with Crippen LogP contribution in [0.1, 0.15) is 49.6 Å². The molecule has 0 spiro atoms. The van der Waals surface area contributed by atoms with Crippen LogP contribution < -0.4 is 10.6 Å².